The molecule has 1 aliphatic rings. The highest BCUT2D eigenvalue weighted by atomic mass is 19.4. The van der Waals surface area contributed by atoms with Crippen LogP contribution in [-0.2, 0) is 6.18 Å². The van der Waals surface area contributed by atoms with E-state index in [0.29, 0.717) is 12.8 Å². The monoisotopic (exact) mass is 275 g/mol. The van der Waals surface area contributed by atoms with Crippen molar-refractivity contribution in [2.75, 3.05) is 24.2 Å². The smallest absolute Gasteiger partial charge is 0.388 e. The first kappa shape index (κ1) is 13.9. The summed E-state index contributed by atoms with van der Waals surface area (Å²) < 4.78 is 38.1. The first-order valence-corrected chi connectivity index (χ1v) is 6.06. The van der Waals surface area contributed by atoms with Crippen molar-refractivity contribution in [1.29, 1.82) is 0 Å². The predicted octanol–water partition coefficient (Wildman–Crippen LogP) is 2.47. The van der Waals surface area contributed by atoms with Crippen LogP contribution in [-0.4, -0.2) is 29.3 Å². The number of hydrogen-bond acceptors (Lipinski definition) is 4. The summed E-state index contributed by atoms with van der Waals surface area (Å²) in [5.74, 6) is 0.248. The average molecular weight is 275 g/mol. The summed E-state index contributed by atoms with van der Waals surface area (Å²) in [6, 6.07) is 1.89. The molecule has 0 unspecified atom stereocenters. The van der Waals surface area contributed by atoms with Crippen LogP contribution in [0.4, 0.5) is 24.8 Å². The molecule has 0 saturated heterocycles. The quantitative estimate of drug-likeness (QED) is 0.790. The second-order valence-electron chi connectivity index (χ2n) is 4.81. The molecule has 1 heterocycles. The molecule has 0 radical (unpaired) electrons. The summed E-state index contributed by atoms with van der Waals surface area (Å²) in [6.45, 7) is 0.213. The van der Waals surface area contributed by atoms with E-state index in [1.807, 2.05) is 0 Å². The van der Waals surface area contributed by atoms with Gasteiger partial charge in [-0.05, 0) is 31.4 Å². The molecule has 0 aromatic carbocycles. The zero-order chi connectivity index (χ0) is 14.1. The number of pyridine rings is 1. The van der Waals surface area contributed by atoms with Crippen LogP contribution in [0.15, 0.2) is 12.1 Å². The number of nitrogens with zero attached hydrogens (tertiary/aromatic N) is 1. The van der Waals surface area contributed by atoms with Gasteiger partial charge in [-0.15, -0.1) is 0 Å². The Labute approximate surface area is 109 Å². The van der Waals surface area contributed by atoms with Gasteiger partial charge in [0.15, 0.2) is 0 Å². The molecule has 7 heteroatoms. The molecule has 106 valence electrons. The van der Waals surface area contributed by atoms with Crippen LogP contribution in [0.2, 0.25) is 0 Å². The van der Waals surface area contributed by atoms with Gasteiger partial charge < -0.3 is 15.7 Å². The fraction of sp³-hybridized carbons (Fsp3) is 0.583. The minimum absolute atomic E-state index is 0.111. The summed E-state index contributed by atoms with van der Waals surface area (Å²) in [5, 5.41) is 15.3. The average Bonchev–Trinajstić information content (AvgIpc) is 2.32. The van der Waals surface area contributed by atoms with Gasteiger partial charge in [-0.1, -0.05) is 0 Å². The predicted molar refractivity (Wildman–Crippen MR) is 66.1 cm³/mol. The van der Waals surface area contributed by atoms with Crippen LogP contribution in [0.1, 0.15) is 24.8 Å². The van der Waals surface area contributed by atoms with Crippen LogP contribution in [0.5, 0.6) is 0 Å². The molecule has 1 aromatic rings. The van der Waals surface area contributed by atoms with Crippen molar-refractivity contribution < 1.29 is 18.3 Å². The van der Waals surface area contributed by atoms with Gasteiger partial charge in [0.25, 0.3) is 0 Å². The maximum Gasteiger partial charge on any atom is 0.416 e. The summed E-state index contributed by atoms with van der Waals surface area (Å²) >= 11 is 0. The van der Waals surface area contributed by atoms with E-state index >= 15 is 0 Å². The number of nitrogens with one attached hydrogen (secondary N) is 2. The van der Waals surface area contributed by atoms with Crippen LogP contribution in [0, 0.1) is 0 Å². The summed E-state index contributed by atoms with van der Waals surface area (Å²) in [6.07, 6.45) is -2.15. The summed E-state index contributed by atoms with van der Waals surface area (Å²) in [4.78, 5) is 3.99. The first-order chi connectivity index (χ1) is 8.82. The molecule has 1 aliphatic carbocycles. The van der Waals surface area contributed by atoms with E-state index in [1.54, 1.807) is 0 Å². The molecule has 0 aliphatic heterocycles. The van der Waals surface area contributed by atoms with Gasteiger partial charge in [0, 0.05) is 13.6 Å². The van der Waals surface area contributed by atoms with Crippen molar-refractivity contribution in [1.82, 2.24) is 4.98 Å². The van der Waals surface area contributed by atoms with E-state index in [1.165, 1.54) is 7.05 Å². The second kappa shape index (κ2) is 4.88. The van der Waals surface area contributed by atoms with Crippen molar-refractivity contribution in [2.45, 2.75) is 31.0 Å². The number of anilines is 2. The van der Waals surface area contributed by atoms with E-state index in [9.17, 15) is 18.3 Å². The zero-order valence-electron chi connectivity index (χ0n) is 10.5. The molecule has 1 saturated carbocycles. The maximum absolute atomic E-state index is 12.7. The van der Waals surface area contributed by atoms with Crippen LogP contribution < -0.4 is 10.6 Å². The minimum Gasteiger partial charge on any atom is -0.388 e. The Morgan fingerprint density at radius 1 is 1.32 bits per heavy atom. The standard InChI is InChI=1S/C12H16F3N3O/c1-16-9-5-8(12(13,14)15)6-10(18-9)17-7-11(19)3-2-4-11/h5-6,19H,2-4,7H2,1H3,(H2,16,17,18). The van der Waals surface area contributed by atoms with Crippen molar-refractivity contribution in [3.8, 4) is 0 Å². The zero-order valence-corrected chi connectivity index (χ0v) is 10.5. The van der Waals surface area contributed by atoms with E-state index < -0.39 is 17.3 Å². The molecule has 0 bridgehead atoms. The molecule has 1 aromatic heterocycles. The Balaban J connectivity index is 2.15. The summed E-state index contributed by atoms with van der Waals surface area (Å²) in [5.41, 5.74) is -1.58. The minimum atomic E-state index is -4.42. The molecule has 3 N–H and O–H groups in total. The molecule has 2 rings (SSSR count). The number of hydrogen-bond donors (Lipinski definition) is 3. The van der Waals surface area contributed by atoms with Crippen LogP contribution in [0.25, 0.3) is 0 Å². The number of aromatic nitrogens is 1. The highest BCUT2D eigenvalue weighted by Crippen LogP contribution is 2.34. The van der Waals surface area contributed by atoms with Gasteiger partial charge in [0.1, 0.15) is 11.6 Å². The lowest BCUT2D eigenvalue weighted by atomic mass is 9.80. The third-order valence-corrected chi connectivity index (χ3v) is 3.29. The number of alkyl halides is 3. The topological polar surface area (TPSA) is 57.2 Å². The van der Waals surface area contributed by atoms with Crippen molar-refractivity contribution in [3.05, 3.63) is 17.7 Å². The molecule has 4 nitrogen and oxygen atoms in total. The van der Waals surface area contributed by atoms with E-state index in [-0.39, 0.29) is 18.2 Å². The van der Waals surface area contributed by atoms with E-state index in [0.717, 1.165) is 18.6 Å². The van der Waals surface area contributed by atoms with Crippen molar-refractivity contribution in [3.63, 3.8) is 0 Å². The highest BCUT2D eigenvalue weighted by molar-refractivity contribution is 5.49. The lowest BCUT2D eigenvalue weighted by Crippen LogP contribution is -2.43. The molecule has 0 amide bonds. The van der Waals surface area contributed by atoms with Gasteiger partial charge in [0.2, 0.25) is 0 Å². The lowest BCUT2D eigenvalue weighted by molar-refractivity contribution is -0.137. The van der Waals surface area contributed by atoms with Gasteiger partial charge in [-0.25, -0.2) is 4.98 Å². The van der Waals surface area contributed by atoms with Crippen molar-refractivity contribution >= 4 is 11.6 Å². The Hall–Kier alpha value is -1.50. The van der Waals surface area contributed by atoms with Crippen LogP contribution in [0.3, 0.4) is 0 Å². The molecule has 0 atom stereocenters. The fourth-order valence-corrected chi connectivity index (χ4v) is 1.93. The first-order valence-electron chi connectivity index (χ1n) is 6.06. The Kier molecular flexibility index (Phi) is 3.58. The number of halogens is 3. The second-order valence-corrected chi connectivity index (χ2v) is 4.81. The Morgan fingerprint density at radius 2 is 1.95 bits per heavy atom. The molecule has 19 heavy (non-hydrogen) atoms. The Bertz CT molecular complexity index is 458. The molecule has 1 fully saturated rings. The Morgan fingerprint density at radius 3 is 2.42 bits per heavy atom. The van der Waals surface area contributed by atoms with Crippen LogP contribution >= 0.6 is 0 Å². The van der Waals surface area contributed by atoms with Gasteiger partial charge >= 0.3 is 6.18 Å². The maximum atomic E-state index is 12.7. The third-order valence-electron chi connectivity index (χ3n) is 3.29. The van der Waals surface area contributed by atoms with E-state index in [2.05, 4.69) is 15.6 Å². The van der Waals surface area contributed by atoms with Crippen molar-refractivity contribution in [2.24, 2.45) is 0 Å². The molecular formula is C12H16F3N3O. The van der Waals surface area contributed by atoms with Gasteiger partial charge in [0.05, 0.1) is 11.2 Å². The number of aliphatic hydroxyl groups is 1. The third kappa shape index (κ3) is 3.28. The fourth-order valence-electron chi connectivity index (χ4n) is 1.93. The largest absolute Gasteiger partial charge is 0.416 e. The molecular weight excluding hydrogens is 259 g/mol. The molecule has 0 spiro atoms. The summed E-state index contributed by atoms with van der Waals surface area (Å²) in [7, 11) is 1.51. The number of rotatable bonds is 4. The normalized spacial score (nSPS) is 17.7. The van der Waals surface area contributed by atoms with E-state index in [4.69, 9.17) is 0 Å². The highest BCUT2D eigenvalue weighted by Gasteiger charge is 2.35. The SMILES string of the molecule is CNc1cc(C(F)(F)F)cc(NCC2(O)CCC2)n1. The van der Waals surface area contributed by atoms with Gasteiger partial charge in [-0.3, -0.25) is 0 Å². The lowest BCUT2D eigenvalue weighted by Gasteiger charge is -2.36. The van der Waals surface area contributed by atoms with Gasteiger partial charge in [-0.2, -0.15) is 13.2 Å².